The maximum atomic E-state index is 8.90. The van der Waals surface area contributed by atoms with Crippen LogP contribution in [0.1, 0.15) is 12.5 Å². The van der Waals surface area contributed by atoms with E-state index in [1.807, 2.05) is 25.1 Å². The zero-order chi connectivity index (χ0) is 12.0. The predicted molar refractivity (Wildman–Crippen MR) is 62.9 cm³/mol. The van der Waals surface area contributed by atoms with Crippen molar-refractivity contribution in [1.29, 1.82) is 0 Å². The van der Waals surface area contributed by atoms with Gasteiger partial charge in [-0.15, -0.1) is 0 Å². The van der Waals surface area contributed by atoms with Crippen molar-refractivity contribution >= 4 is 0 Å². The molecule has 1 aromatic rings. The smallest absolute Gasteiger partial charge is 0.122 e. The molecule has 0 bridgehead atoms. The van der Waals surface area contributed by atoms with Gasteiger partial charge < -0.3 is 19.9 Å². The third kappa shape index (κ3) is 3.72. The van der Waals surface area contributed by atoms with Gasteiger partial charge in [-0.2, -0.15) is 0 Å². The molecule has 4 nitrogen and oxygen atoms in total. The first-order valence-electron chi connectivity index (χ1n) is 5.25. The molecule has 0 heterocycles. The molecule has 0 amide bonds. The number of aliphatic hydroxyl groups excluding tert-OH is 1. The lowest BCUT2D eigenvalue weighted by Gasteiger charge is -2.12. The quantitative estimate of drug-likeness (QED) is 0.763. The second-order valence-electron chi connectivity index (χ2n) is 3.69. The van der Waals surface area contributed by atoms with E-state index in [1.54, 1.807) is 14.2 Å². The number of methoxy groups -OCH3 is 2. The molecule has 0 saturated heterocycles. The van der Waals surface area contributed by atoms with Crippen molar-refractivity contribution in [1.82, 2.24) is 5.32 Å². The van der Waals surface area contributed by atoms with Crippen molar-refractivity contribution in [3.8, 4) is 11.5 Å². The molecule has 90 valence electrons. The van der Waals surface area contributed by atoms with Gasteiger partial charge in [-0.25, -0.2) is 0 Å². The Labute approximate surface area is 96.2 Å². The van der Waals surface area contributed by atoms with Crippen LogP contribution >= 0.6 is 0 Å². The van der Waals surface area contributed by atoms with Gasteiger partial charge in [-0.1, -0.05) is 0 Å². The molecule has 0 unspecified atom stereocenters. The Morgan fingerprint density at radius 1 is 1.19 bits per heavy atom. The van der Waals surface area contributed by atoms with Crippen molar-refractivity contribution < 1.29 is 14.6 Å². The van der Waals surface area contributed by atoms with Gasteiger partial charge in [0.25, 0.3) is 0 Å². The highest BCUT2D eigenvalue weighted by Gasteiger charge is 2.03. The van der Waals surface area contributed by atoms with Crippen LogP contribution in [-0.4, -0.2) is 32.0 Å². The van der Waals surface area contributed by atoms with Crippen LogP contribution in [0.5, 0.6) is 11.5 Å². The summed E-state index contributed by atoms with van der Waals surface area (Å²) in [6.07, 6.45) is 0. The molecule has 1 aromatic carbocycles. The Morgan fingerprint density at radius 3 is 2.19 bits per heavy atom. The van der Waals surface area contributed by atoms with E-state index in [0.29, 0.717) is 6.54 Å². The van der Waals surface area contributed by atoms with Crippen molar-refractivity contribution in [2.24, 2.45) is 0 Å². The molecule has 0 saturated carbocycles. The molecule has 0 aromatic heterocycles. The van der Waals surface area contributed by atoms with Crippen molar-refractivity contribution in [3.05, 3.63) is 23.8 Å². The largest absolute Gasteiger partial charge is 0.497 e. The molecular formula is C12H19NO3. The van der Waals surface area contributed by atoms with Crippen LogP contribution in [0.2, 0.25) is 0 Å². The highest BCUT2D eigenvalue weighted by molar-refractivity contribution is 5.38. The Bertz CT molecular complexity index is 306. The molecule has 1 rings (SSSR count). The van der Waals surface area contributed by atoms with Gasteiger partial charge in [0.15, 0.2) is 0 Å². The minimum Gasteiger partial charge on any atom is -0.497 e. The summed E-state index contributed by atoms with van der Waals surface area (Å²) in [6, 6.07) is 5.80. The van der Waals surface area contributed by atoms with E-state index in [0.717, 1.165) is 17.1 Å². The second kappa shape index (κ2) is 6.35. The summed E-state index contributed by atoms with van der Waals surface area (Å²) < 4.78 is 10.3. The average Bonchev–Trinajstić information content (AvgIpc) is 2.35. The fourth-order valence-corrected chi connectivity index (χ4v) is 1.33. The highest BCUT2D eigenvalue weighted by atomic mass is 16.5. The van der Waals surface area contributed by atoms with Crippen LogP contribution in [0.3, 0.4) is 0 Å². The van der Waals surface area contributed by atoms with Gasteiger partial charge in [-0.3, -0.25) is 0 Å². The number of nitrogens with one attached hydrogen (secondary N) is 1. The van der Waals surface area contributed by atoms with Gasteiger partial charge in [-0.05, 0) is 24.6 Å². The van der Waals surface area contributed by atoms with E-state index in [-0.39, 0.29) is 12.6 Å². The van der Waals surface area contributed by atoms with Crippen LogP contribution < -0.4 is 14.8 Å². The summed E-state index contributed by atoms with van der Waals surface area (Å²) in [7, 11) is 3.25. The molecule has 0 spiro atoms. The second-order valence-corrected chi connectivity index (χ2v) is 3.69. The van der Waals surface area contributed by atoms with Crippen LogP contribution in [0.25, 0.3) is 0 Å². The summed E-state index contributed by atoms with van der Waals surface area (Å²) in [4.78, 5) is 0. The first-order chi connectivity index (χ1) is 7.69. The van der Waals surface area contributed by atoms with Crippen LogP contribution in [-0.2, 0) is 6.54 Å². The standard InChI is InChI=1S/C12H19NO3/c1-9(8-14)13-7-10-4-11(15-2)6-12(5-10)16-3/h4-6,9,13-14H,7-8H2,1-3H3/t9-/m0/s1. The molecular weight excluding hydrogens is 206 g/mol. The Morgan fingerprint density at radius 2 is 1.75 bits per heavy atom. The maximum Gasteiger partial charge on any atom is 0.122 e. The monoisotopic (exact) mass is 225 g/mol. The molecule has 1 atom stereocenters. The van der Waals surface area contributed by atoms with E-state index in [2.05, 4.69) is 5.32 Å². The Hall–Kier alpha value is -1.26. The number of hydrogen-bond acceptors (Lipinski definition) is 4. The Balaban J connectivity index is 2.71. The van der Waals surface area contributed by atoms with Crippen molar-refractivity contribution in [2.45, 2.75) is 19.5 Å². The lowest BCUT2D eigenvalue weighted by atomic mass is 10.2. The van der Waals surface area contributed by atoms with E-state index < -0.39 is 0 Å². The van der Waals surface area contributed by atoms with Gasteiger partial charge in [0, 0.05) is 18.7 Å². The molecule has 4 heteroatoms. The van der Waals surface area contributed by atoms with E-state index in [4.69, 9.17) is 14.6 Å². The minimum absolute atomic E-state index is 0.0807. The number of ether oxygens (including phenoxy) is 2. The fourth-order valence-electron chi connectivity index (χ4n) is 1.33. The molecule has 0 aliphatic carbocycles. The number of benzene rings is 1. The third-order valence-corrected chi connectivity index (χ3v) is 2.34. The van der Waals surface area contributed by atoms with Crippen LogP contribution in [0.15, 0.2) is 18.2 Å². The third-order valence-electron chi connectivity index (χ3n) is 2.34. The lowest BCUT2D eigenvalue weighted by Crippen LogP contribution is -2.28. The first-order valence-corrected chi connectivity index (χ1v) is 5.25. The van der Waals surface area contributed by atoms with Crippen molar-refractivity contribution in [2.75, 3.05) is 20.8 Å². The Kier molecular flexibility index (Phi) is 5.08. The topological polar surface area (TPSA) is 50.7 Å². The van der Waals surface area contributed by atoms with E-state index in [9.17, 15) is 0 Å². The first kappa shape index (κ1) is 12.8. The van der Waals surface area contributed by atoms with Gasteiger partial charge in [0.1, 0.15) is 11.5 Å². The maximum absolute atomic E-state index is 8.90. The molecule has 0 fully saturated rings. The zero-order valence-corrected chi connectivity index (χ0v) is 9.99. The van der Waals surface area contributed by atoms with E-state index in [1.165, 1.54) is 0 Å². The van der Waals surface area contributed by atoms with Crippen LogP contribution in [0, 0.1) is 0 Å². The highest BCUT2D eigenvalue weighted by Crippen LogP contribution is 2.22. The summed E-state index contributed by atoms with van der Waals surface area (Å²) >= 11 is 0. The fraction of sp³-hybridized carbons (Fsp3) is 0.500. The minimum atomic E-state index is 0.0807. The summed E-state index contributed by atoms with van der Waals surface area (Å²) in [5, 5.41) is 12.1. The normalized spacial score (nSPS) is 12.2. The number of aliphatic hydroxyl groups is 1. The molecule has 16 heavy (non-hydrogen) atoms. The summed E-state index contributed by atoms with van der Waals surface area (Å²) in [5.74, 6) is 1.54. The molecule has 2 N–H and O–H groups in total. The van der Waals surface area contributed by atoms with Gasteiger partial charge >= 0.3 is 0 Å². The van der Waals surface area contributed by atoms with Gasteiger partial charge in [0.2, 0.25) is 0 Å². The summed E-state index contributed by atoms with van der Waals surface area (Å²) in [6.45, 7) is 2.73. The molecule has 0 radical (unpaired) electrons. The molecule has 0 aliphatic heterocycles. The predicted octanol–water partition coefficient (Wildman–Crippen LogP) is 1.17. The molecule has 0 aliphatic rings. The summed E-state index contributed by atoms with van der Waals surface area (Å²) in [5.41, 5.74) is 1.07. The van der Waals surface area contributed by atoms with E-state index >= 15 is 0 Å². The van der Waals surface area contributed by atoms with Crippen LogP contribution in [0.4, 0.5) is 0 Å². The SMILES string of the molecule is COc1cc(CN[C@@H](C)CO)cc(OC)c1. The number of rotatable bonds is 6. The van der Waals surface area contributed by atoms with Crippen molar-refractivity contribution in [3.63, 3.8) is 0 Å². The zero-order valence-electron chi connectivity index (χ0n) is 9.99. The van der Waals surface area contributed by atoms with Gasteiger partial charge in [0.05, 0.1) is 20.8 Å². The number of hydrogen-bond donors (Lipinski definition) is 2. The lowest BCUT2D eigenvalue weighted by molar-refractivity contribution is 0.251. The average molecular weight is 225 g/mol.